The normalized spacial score (nSPS) is 17.1. The van der Waals surface area contributed by atoms with Gasteiger partial charge in [-0.15, -0.1) is 0 Å². The van der Waals surface area contributed by atoms with Crippen LogP contribution < -0.4 is 0 Å². The first-order valence-corrected chi connectivity index (χ1v) is 4.37. The van der Waals surface area contributed by atoms with Crippen LogP contribution in [0.25, 0.3) is 0 Å². The highest BCUT2D eigenvalue weighted by Gasteiger charge is 2.26. The number of amides is 1. The molecule has 1 aliphatic rings. The van der Waals surface area contributed by atoms with Crippen molar-refractivity contribution in [2.45, 2.75) is 39.2 Å². The average molecular weight is 155 g/mol. The Hall–Kier alpha value is -0.530. The SMILES string of the molecule is CC(C)N(C)C(=O)CC1CC1. The van der Waals surface area contributed by atoms with Crippen LogP contribution in [0.1, 0.15) is 33.1 Å². The summed E-state index contributed by atoms with van der Waals surface area (Å²) in [6, 6.07) is 0.348. The molecule has 0 radical (unpaired) electrons. The van der Waals surface area contributed by atoms with Crippen LogP contribution in [0, 0.1) is 5.92 Å². The van der Waals surface area contributed by atoms with E-state index in [1.165, 1.54) is 12.8 Å². The maximum absolute atomic E-state index is 11.4. The van der Waals surface area contributed by atoms with Crippen LogP contribution in [0.3, 0.4) is 0 Å². The molecule has 0 spiro atoms. The Morgan fingerprint density at radius 2 is 2.09 bits per heavy atom. The van der Waals surface area contributed by atoms with E-state index in [9.17, 15) is 4.79 Å². The van der Waals surface area contributed by atoms with Crippen molar-refractivity contribution in [1.29, 1.82) is 0 Å². The highest BCUT2D eigenvalue weighted by Crippen LogP contribution is 2.32. The summed E-state index contributed by atoms with van der Waals surface area (Å²) < 4.78 is 0. The molecule has 1 amide bonds. The monoisotopic (exact) mass is 155 g/mol. The molecule has 0 unspecified atom stereocenters. The summed E-state index contributed by atoms with van der Waals surface area (Å²) >= 11 is 0. The van der Waals surface area contributed by atoms with Gasteiger partial charge in [0.15, 0.2) is 0 Å². The summed E-state index contributed by atoms with van der Waals surface area (Å²) in [5.41, 5.74) is 0. The first kappa shape index (κ1) is 8.57. The first-order chi connectivity index (χ1) is 5.11. The van der Waals surface area contributed by atoms with Crippen LogP contribution in [-0.2, 0) is 4.79 Å². The van der Waals surface area contributed by atoms with Crippen LogP contribution >= 0.6 is 0 Å². The van der Waals surface area contributed by atoms with Crippen molar-refractivity contribution in [1.82, 2.24) is 4.90 Å². The quantitative estimate of drug-likeness (QED) is 0.607. The lowest BCUT2D eigenvalue weighted by molar-refractivity contribution is -0.131. The molecule has 0 atom stereocenters. The highest BCUT2D eigenvalue weighted by molar-refractivity contribution is 5.76. The molecule has 2 nitrogen and oxygen atoms in total. The molecule has 0 aromatic rings. The Labute approximate surface area is 68.6 Å². The van der Waals surface area contributed by atoms with Crippen LogP contribution in [0.5, 0.6) is 0 Å². The number of hydrogen-bond acceptors (Lipinski definition) is 1. The highest BCUT2D eigenvalue weighted by atomic mass is 16.2. The molecule has 2 heteroatoms. The largest absolute Gasteiger partial charge is 0.343 e. The van der Waals surface area contributed by atoms with Crippen molar-refractivity contribution >= 4 is 5.91 Å². The van der Waals surface area contributed by atoms with E-state index in [2.05, 4.69) is 0 Å². The van der Waals surface area contributed by atoms with Crippen LogP contribution in [0.15, 0.2) is 0 Å². The fourth-order valence-electron chi connectivity index (χ4n) is 1.00. The van der Waals surface area contributed by atoms with Gasteiger partial charge in [0, 0.05) is 19.5 Å². The van der Waals surface area contributed by atoms with Crippen molar-refractivity contribution < 1.29 is 4.79 Å². The molecule has 1 aliphatic carbocycles. The van der Waals surface area contributed by atoms with E-state index in [0.29, 0.717) is 17.9 Å². The Kier molecular flexibility index (Phi) is 2.53. The van der Waals surface area contributed by atoms with Crippen LogP contribution in [0.4, 0.5) is 0 Å². The number of rotatable bonds is 3. The van der Waals surface area contributed by atoms with Crippen molar-refractivity contribution in [3.05, 3.63) is 0 Å². The minimum atomic E-state index is 0.308. The van der Waals surface area contributed by atoms with E-state index in [1.807, 2.05) is 25.8 Å². The lowest BCUT2D eigenvalue weighted by Gasteiger charge is -2.21. The zero-order chi connectivity index (χ0) is 8.43. The molecule has 0 aliphatic heterocycles. The average Bonchev–Trinajstić information content (AvgIpc) is 2.69. The lowest BCUT2D eigenvalue weighted by atomic mass is 10.2. The van der Waals surface area contributed by atoms with E-state index in [-0.39, 0.29) is 0 Å². The molecule has 1 fully saturated rings. The van der Waals surface area contributed by atoms with Crippen molar-refractivity contribution in [3.8, 4) is 0 Å². The van der Waals surface area contributed by atoms with Gasteiger partial charge in [-0.05, 0) is 32.6 Å². The third-order valence-electron chi connectivity index (χ3n) is 2.33. The summed E-state index contributed by atoms with van der Waals surface area (Å²) in [7, 11) is 1.88. The Bertz CT molecular complexity index is 150. The summed E-state index contributed by atoms with van der Waals surface area (Å²) in [5.74, 6) is 1.02. The molecule has 0 aromatic heterocycles. The van der Waals surface area contributed by atoms with Crippen molar-refractivity contribution in [3.63, 3.8) is 0 Å². The van der Waals surface area contributed by atoms with E-state index in [4.69, 9.17) is 0 Å². The molecule has 0 saturated heterocycles. The van der Waals surface area contributed by atoms with Crippen molar-refractivity contribution in [2.75, 3.05) is 7.05 Å². The van der Waals surface area contributed by atoms with E-state index >= 15 is 0 Å². The predicted molar refractivity (Wildman–Crippen MR) is 45.2 cm³/mol. The van der Waals surface area contributed by atoms with Crippen LogP contribution in [0.2, 0.25) is 0 Å². The van der Waals surface area contributed by atoms with Gasteiger partial charge in [0.1, 0.15) is 0 Å². The second-order valence-electron chi connectivity index (χ2n) is 3.75. The third-order valence-corrected chi connectivity index (χ3v) is 2.33. The summed E-state index contributed by atoms with van der Waals surface area (Å²) in [4.78, 5) is 13.2. The van der Waals surface area contributed by atoms with Gasteiger partial charge in [0.2, 0.25) is 5.91 Å². The van der Waals surface area contributed by atoms with Gasteiger partial charge < -0.3 is 4.90 Å². The molecule has 0 aromatic carbocycles. The molecule has 64 valence electrons. The number of carbonyl (C=O) groups is 1. The standard InChI is InChI=1S/C9H17NO/c1-7(2)10(3)9(11)6-8-4-5-8/h7-8H,4-6H2,1-3H3. The molecule has 0 bridgehead atoms. The van der Waals surface area contributed by atoms with E-state index in [0.717, 1.165) is 6.42 Å². The van der Waals surface area contributed by atoms with Gasteiger partial charge in [-0.1, -0.05) is 0 Å². The Morgan fingerprint density at radius 3 is 2.45 bits per heavy atom. The molecule has 0 heterocycles. The molecule has 1 saturated carbocycles. The zero-order valence-corrected chi connectivity index (χ0v) is 7.63. The number of hydrogen-bond donors (Lipinski definition) is 0. The van der Waals surface area contributed by atoms with E-state index in [1.54, 1.807) is 0 Å². The van der Waals surface area contributed by atoms with Crippen molar-refractivity contribution in [2.24, 2.45) is 5.92 Å². The topological polar surface area (TPSA) is 20.3 Å². The maximum atomic E-state index is 11.4. The predicted octanol–water partition coefficient (Wildman–Crippen LogP) is 1.65. The van der Waals surface area contributed by atoms with Gasteiger partial charge in [-0.2, -0.15) is 0 Å². The summed E-state index contributed by atoms with van der Waals surface area (Å²) in [5, 5.41) is 0. The Balaban J connectivity index is 2.26. The molecular weight excluding hydrogens is 138 g/mol. The lowest BCUT2D eigenvalue weighted by Crippen LogP contribution is -2.33. The number of carbonyl (C=O) groups excluding carboxylic acids is 1. The van der Waals surface area contributed by atoms with E-state index < -0.39 is 0 Å². The van der Waals surface area contributed by atoms with Gasteiger partial charge in [-0.25, -0.2) is 0 Å². The number of nitrogens with zero attached hydrogens (tertiary/aromatic N) is 1. The Morgan fingerprint density at radius 1 is 1.55 bits per heavy atom. The third kappa shape index (κ3) is 2.52. The van der Waals surface area contributed by atoms with Gasteiger partial charge in [0.05, 0.1) is 0 Å². The van der Waals surface area contributed by atoms with Gasteiger partial charge in [0.25, 0.3) is 0 Å². The first-order valence-electron chi connectivity index (χ1n) is 4.37. The summed E-state index contributed by atoms with van der Waals surface area (Å²) in [6.07, 6.45) is 3.30. The summed E-state index contributed by atoms with van der Waals surface area (Å²) in [6.45, 7) is 4.09. The fraction of sp³-hybridized carbons (Fsp3) is 0.889. The van der Waals surface area contributed by atoms with Crippen LogP contribution in [-0.4, -0.2) is 23.9 Å². The zero-order valence-electron chi connectivity index (χ0n) is 7.63. The maximum Gasteiger partial charge on any atom is 0.222 e. The minimum absolute atomic E-state index is 0.308. The second kappa shape index (κ2) is 3.24. The molecule has 11 heavy (non-hydrogen) atoms. The smallest absolute Gasteiger partial charge is 0.222 e. The fourth-order valence-corrected chi connectivity index (χ4v) is 1.00. The molecule has 0 N–H and O–H groups in total. The second-order valence-corrected chi connectivity index (χ2v) is 3.75. The molecular formula is C9H17NO. The molecule has 1 rings (SSSR count). The van der Waals surface area contributed by atoms with Gasteiger partial charge >= 0.3 is 0 Å². The minimum Gasteiger partial charge on any atom is -0.343 e. The van der Waals surface area contributed by atoms with Gasteiger partial charge in [-0.3, -0.25) is 4.79 Å².